The molecule has 2 rings (SSSR count). The van der Waals surface area contributed by atoms with Gasteiger partial charge in [-0.1, -0.05) is 17.7 Å². The molecular weight excluding hydrogens is 329 g/mol. The Morgan fingerprint density at radius 3 is 2.33 bits per heavy atom. The second-order valence-corrected chi connectivity index (χ2v) is 7.51. The van der Waals surface area contributed by atoms with Crippen LogP contribution in [-0.2, 0) is 23.6 Å². The number of fused-ring (bicyclic) bond motifs is 1. The fourth-order valence-electron chi connectivity index (χ4n) is 2.94. The van der Waals surface area contributed by atoms with Crippen molar-refractivity contribution in [3.8, 4) is 12.1 Å². The Balaban J connectivity index is 2.88. The van der Waals surface area contributed by atoms with Crippen molar-refractivity contribution >= 4 is 19.2 Å². The third kappa shape index (κ3) is 2.42. The molecule has 1 aliphatic heterocycles. The first-order valence-corrected chi connectivity index (χ1v) is 9.06. The molecule has 1 atom stereocenters. The van der Waals surface area contributed by atoms with Gasteiger partial charge in [0.1, 0.15) is 0 Å². The maximum atomic E-state index is 13.6. The molecule has 1 amide bonds. The van der Waals surface area contributed by atoms with Crippen LogP contribution in [0.25, 0.3) is 0 Å². The largest absolute Gasteiger partial charge is 0.353 e. The lowest BCUT2D eigenvalue weighted by Gasteiger charge is -2.34. The van der Waals surface area contributed by atoms with Gasteiger partial charge in [-0.25, -0.2) is 0 Å². The molecule has 24 heavy (non-hydrogen) atoms. The van der Waals surface area contributed by atoms with Crippen LogP contribution in [0.2, 0.25) is 0 Å². The molecule has 0 radical (unpaired) electrons. The van der Waals surface area contributed by atoms with Gasteiger partial charge < -0.3 is 14.4 Å². The van der Waals surface area contributed by atoms with Gasteiger partial charge in [0.05, 0.1) is 25.4 Å². The summed E-state index contributed by atoms with van der Waals surface area (Å²) in [6, 6.07) is 8.65. The second-order valence-electron chi connectivity index (χ2n) is 5.29. The summed E-state index contributed by atoms with van der Waals surface area (Å²) >= 11 is 0. The standard InChI is InChI=1S/C16H18N3O4P/c1-4-22-24(21,23-5-2)16(12(9-17)10-18)13-8-11(3)6-7-14(13)19-15(16)20/h6-8,12H,4-5H2,1-3H3,(H,19,20)/t16-/m0/s1. The van der Waals surface area contributed by atoms with Crippen LogP contribution in [0, 0.1) is 35.5 Å². The third-order valence-electron chi connectivity index (χ3n) is 3.89. The van der Waals surface area contributed by atoms with Crippen LogP contribution in [0.5, 0.6) is 0 Å². The molecule has 0 aliphatic carbocycles. The number of benzene rings is 1. The highest BCUT2D eigenvalue weighted by atomic mass is 31.2. The average Bonchev–Trinajstić information content (AvgIpc) is 2.82. The molecule has 0 unspecified atom stereocenters. The fraction of sp³-hybridized carbons (Fsp3) is 0.438. The van der Waals surface area contributed by atoms with Crippen molar-refractivity contribution in [2.75, 3.05) is 18.5 Å². The lowest BCUT2D eigenvalue weighted by atomic mass is 9.87. The molecule has 0 bridgehead atoms. The minimum Gasteiger partial charge on any atom is -0.324 e. The molecule has 1 heterocycles. The van der Waals surface area contributed by atoms with Gasteiger partial charge in [0.25, 0.3) is 0 Å². The highest BCUT2D eigenvalue weighted by Crippen LogP contribution is 2.70. The van der Waals surface area contributed by atoms with Crippen LogP contribution in [-0.4, -0.2) is 19.1 Å². The number of nitriles is 2. The van der Waals surface area contributed by atoms with E-state index in [1.54, 1.807) is 51.1 Å². The van der Waals surface area contributed by atoms with Crippen molar-refractivity contribution in [2.45, 2.75) is 25.9 Å². The maximum absolute atomic E-state index is 13.6. The first-order chi connectivity index (χ1) is 11.4. The summed E-state index contributed by atoms with van der Waals surface area (Å²) in [6.07, 6.45) is 0. The first kappa shape index (κ1) is 18.2. The number of nitrogens with zero attached hydrogens (tertiary/aromatic N) is 2. The molecule has 0 saturated carbocycles. The fourth-order valence-corrected chi connectivity index (χ4v) is 5.31. The maximum Gasteiger partial charge on any atom is 0.353 e. The van der Waals surface area contributed by atoms with Crippen molar-refractivity contribution in [3.63, 3.8) is 0 Å². The van der Waals surface area contributed by atoms with Gasteiger partial charge >= 0.3 is 7.60 Å². The highest BCUT2D eigenvalue weighted by Gasteiger charge is 2.67. The monoisotopic (exact) mass is 347 g/mol. The first-order valence-electron chi connectivity index (χ1n) is 7.52. The van der Waals surface area contributed by atoms with Gasteiger partial charge in [-0.15, -0.1) is 0 Å². The number of hydrogen-bond donors (Lipinski definition) is 1. The number of hydrogen-bond acceptors (Lipinski definition) is 6. The Morgan fingerprint density at radius 1 is 1.25 bits per heavy atom. The average molecular weight is 347 g/mol. The predicted octanol–water partition coefficient (Wildman–Crippen LogP) is 3.07. The van der Waals surface area contributed by atoms with Crippen LogP contribution in [0.15, 0.2) is 18.2 Å². The number of nitrogens with one attached hydrogen (secondary N) is 1. The second kappa shape index (κ2) is 6.75. The lowest BCUT2D eigenvalue weighted by molar-refractivity contribution is -0.119. The molecule has 1 aliphatic rings. The van der Waals surface area contributed by atoms with Gasteiger partial charge in [-0.2, -0.15) is 10.5 Å². The summed E-state index contributed by atoms with van der Waals surface area (Å²) < 4.78 is 24.3. The summed E-state index contributed by atoms with van der Waals surface area (Å²) in [5.41, 5.74) is 1.50. The smallest absolute Gasteiger partial charge is 0.324 e. The van der Waals surface area contributed by atoms with E-state index in [1.165, 1.54) is 0 Å². The SMILES string of the molecule is CCOP(=O)(OCC)[C@]1(C(C#N)C#N)C(=O)Nc2ccc(C)cc21. The van der Waals surface area contributed by atoms with E-state index in [9.17, 15) is 19.9 Å². The normalized spacial score (nSPS) is 19.5. The number of rotatable bonds is 6. The molecule has 1 aromatic carbocycles. The zero-order valence-electron chi connectivity index (χ0n) is 13.7. The molecule has 1 N–H and O–H groups in total. The van der Waals surface area contributed by atoms with E-state index in [4.69, 9.17) is 9.05 Å². The van der Waals surface area contributed by atoms with E-state index in [0.717, 1.165) is 5.56 Å². The zero-order valence-corrected chi connectivity index (χ0v) is 14.6. The van der Waals surface area contributed by atoms with Crippen LogP contribution in [0.1, 0.15) is 25.0 Å². The Morgan fingerprint density at radius 2 is 1.83 bits per heavy atom. The van der Waals surface area contributed by atoms with Crippen molar-refractivity contribution in [2.24, 2.45) is 5.92 Å². The van der Waals surface area contributed by atoms with Crippen LogP contribution < -0.4 is 5.32 Å². The molecule has 0 fully saturated rings. The number of carbonyl (C=O) groups is 1. The third-order valence-corrected chi connectivity index (χ3v) is 6.65. The van der Waals surface area contributed by atoms with Crippen molar-refractivity contribution in [1.29, 1.82) is 10.5 Å². The molecule has 0 aromatic heterocycles. The van der Waals surface area contributed by atoms with Crippen molar-refractivity contribution in [1.82, 2.24) is 0 Å². The van der Waals surface area contributed by atoms with Gasteiger partial charge in [-0.05, 0) is 26.8 Å². The molecule has 0 spiro atoms. The molecule has 7 nitrogen and oxygen atoms in total. The summed E-state index contributed by atoms with van der Waals surface area (Å²) in [6.45, 7) is 5.04. The van der Waals surface area contributed by atoms with Crippen molar-refractivity contribution in [3.05, 3.63) is 29.3 Å². The summed E-state index contributed by atoms with van der Waals surface area (Å²) in [5, 5.41) is 19.6. The number of carbonyl (C=O) groups excluding carboxylic acids is 1. The topological polar surface area (TPSA) is 112 Å². The Kier molecular flexibility index (Phi) is 5.11. The number of anilines is 1. The van der Waals surface area contributed by atoms with E-state index in [-0.39, 0.29) is 13.2 Å². The summed E-state index contributed by atoms with van der Waals surface area (Å²) in [7, 11) is -4.15. The van der Waals surface area contributed by atoms with E-state index < -0.39 is 24.6 Å². The minimum atomic E-state index is -4.15. The van der Waals surface area contributed by atoms with Gasteiger partial charge in [0.15, 0.2) is 5.92 Å². The van der Waals surface area contributed by atoms with E-state index in [0.29, 0.717) is 11.3 Å². The molecular formula is C16H18N3O4P. The number of aryl methyl sites for hydroxylation is 1. The molecule has 8 heteroatoms. The quantitative estimate of drug-likeness (QED) is 0.791. The highest BCUT2D eigenvalue weighted by molar-refractivity contribution is 7.56. The van der Waals surface area contributed by atoms with Gasteiger partial charge in [0, 0.05) is 11.3 Å². The molecule has 1 aromatic rings. The lowest BCUT2D eigenvalue weighted by Crippen LogP contribution is -2.42. The number of amides is 1. The van der Waals surface area contributed by atoms with E-state index >= 15 is 0 Å². The zero-order chi connectivity index (χ0) is 18.0. The Bertz CT molecular complexity index is 771. The van der Waals surface area contributed by atoms with Crippen LogP contribution in [0.4, 0.5) is 5.69 Å². The van der Waals surface area contributed by atoms with Crippen LogP contribution in [0.3, 0.4) is 0 Å². The summed E-state index contributed by atoms with van der Waals surface area (Å²) in [5.74, 6) is -2.24. The van der Waals surface area contributed by atoms with E-state index in [2.05, 4.69) is 5.32 Å². The molecule has 0 saturated heterocycles. The Labute approximate surface area is 140 Å². The predicted molar refractivity (Wildman–Crippen MR) is 87.1 cm³/mol. The molecule has 126 valence electrons. The Hall–Kier alpha value is -2.18. The van der Waals surface area contributed by atoms with Crippen molar-refractivity contribution < 1.29 is 18.4 Å². The minimum absolute atomic E-state index is 0.0109. The van der Waals surface area contributed by atoms with Crippen LogP contribution >= 0.6 is 7.60 Å². The summed E-state index contributed by atoms with van der Waals surface area (Å²) in [4.78, 5) is 12.9. The van der Waals surface area contributed by atoms with E-state index in [1.807, 2.05) is 0 Å². The van der Waals surface area contributed by atoms with Gasteiger partial charge in [-0.3, -0.25) is 9.36 Å². The van der Waals surface area contributed by atoms with Gasteiger partial charge in [0.2, 0.25) is 11.1 Å².